The molecule has 1 saturated heterocycles. The van der Waals surface area contributed by atoms with Crippen LogP contribution in [-0.4, -0.2) is 155 Å². The van der Waals surface area contributed by atoms with Crippen molar-refractivity contribution in [1.82, 2.24) is 30.2 Å². The van der Waals surface area contributed by atoms with Crippen LogP contribution in [0.4, 0.5) is 5.82 Å². The lowest BCUT2D eigenvalue weighted by Gasteiger charge is -2.30. The van der Waals surface area contributed by atoms with Crippen molar-refractivity contribution in [2.75, 3.05) is 65.5 Å². The number of ether oxygens (including phenoxy) is 1. The lowest BCUT2D eigenvalue weighted by molar-refractivity contribution is -0.861. The van der Waals surface area contributed by atoms with Gasteiger partial charge in [0.25, 0.3) is 0 Å². The van der Waals surface area contributed by atoms with Crippen LogP contribution < -0.4 is 16.4 Å². The van der Waals surface area contributed by atoms with Gasteiger partial charge in [-0.2, -0.15) is 4.31 Å². The summed E-state index contributed by atoms with van der Waals surface area (Å²) in [5.74, 6) is -1.10. The van der Waals surface area contributed by atoms with Gasteiger partial charge in [-0.15, -0.1) is 0 Å². The van der Waals surface area contributed by atoms with Crippen LogP contribution >= 0.6 is 35.2 Å². The number of fused-ring (bicyclic) bond motifs is 1. The van der Waals surface area contributed by atoms with Crippen molar-refractivity contribution in [3.63, 3.8) is 0 Å². The first kappa shape index (κ1) is 46.9. The molecule has 2 aromatic rings. The summed E-state index contributed by atoms with van der Waals surface area (Å²) in [4.78, 5) is 87.4. The van der Waals surface area contributed by atoms with E-state index in [1.165, 1.54) is 13.8 Å². The number of anilines is 1. The molecule has 3 heterocycles. The molecule has 3 rings (SSSR count). The molecule has 0 aromatic carbocycles. The molecule has 7 unspecified atom stereocenters. The Bertz CT molecular complexity index is 1820. The number of nitrogens with two attached hydrogens (primary N) is 1. The number of carbonyl (C=O) groups is 3. The Hall–Kier alpha value is -2.48. The van der Waals surface area contributed by atoms with Gasteiger partial charge in [-0.05, 0) is 0 Å². The summed E-state index contributed by atoms with van der Waals surface area (Å²) in [6, 6.07) is 0. The molecule has 0 radical (unpaired) electrons. The molecule has 1 aliphatic rings. The summed E-state index contributed by atoms with van der Waals surface area (Å²) in [5, 5.41) is 26.3. The van der Waals surface area contributed by atoms with E-state index in [2.05, 4.69) is 34.4 Å². The quantitative estimate of drug-likeness (QED) is 0.0386. The summed E-state index contributed by atoms with van der Waals surface area (Å²) < 4.78 is 62.5. The van der Waals surface area contributed by atoms with E-state index >= 15 is 0 Å². The molecule has 25 nitrogen and oxygen atoms in total. The number of nitrogens with one attached hydrogen (secondary N) is 2. The van der Waals surface area contributed by atoms with E-state index < -0.39 is 84.6 Å². The Morgan fingerprint density at radius 2 is 1.71 bits per heavy atom. The monoisotopic (exact) mass is 867 g/mol. The van der Waals surface area contributed by atoms with Crippen LogP contribution in [0.5, 0.6) is 0 Å². The minimum absolute atomic E-state index is 0.0290. The van der Waals surface area contributed by atoms with E-state index in [1.807, 2.05) is 21.1 Å². The molecule has 312 valence electrons. The van der Waals surface area contributed by atoms with Crippen molar-refractivity contribution in [3.05, 3.63) is 12.7 Å². The maximum absolute atomic E-state index is 12.7. The highest BCUT2D eigenvalue weighted by Crippen LogP contribution is 2.61. The number of amides is 2. The van der Waals surface area contributed by atoms with Crippen molar-refractivity contribution in [2.45, 2.75) is 50.9 Å². The van der Waals surface area contributed by atoms with Crippen LogP contribution in [-0.2, 0) is 50.7 Å². The van der Waals surface area contributed by atoms with E-state index in [1.54, 1.807) is 0 Å². The fourth-order valence-electron chi connectivity index (χ4n) is 4.73. The lowest BCUT2D eigenvalue weighted by atomic mass is 9.87. The van der Waals surface area contributed by atoms with Crippen molar-refractivity contribution in [3.8, 4) is 0 Å². The summed E-state index contributed by atoms with van der Waals surface area (Å²) in [5.41, 5.74) is 4.26. The third-order valence-corrected chi connectivity index (χ3v) is 11.3. The Labute approximate surface area is 318 Å². The summed E-state index contributed by atoms with van der Waals surface area (Å²) in [6.07, 6.45) is -6.90. The first-order valence-electron chi connectivity index (χ1n) is 16.1. The highest BCUT2D eigenvalue weighted by atomic mass is 32.2. The van der Waals surface area contributed by atoms with Crippen LogP contribution in [0.3, 0.4) is 0 Å². The van der Waals surface area contributed by atoms with E-state index in [0.717, 1.165) is 29.0 Å². The third-order valence-electron chi connectivity index (χ3n) is 7.37. The Morgan fingerprint density at radius 3 is 2.35 bits per heavy atom. The van der Waals surface area contributed by atoms with Gasteiger partial charge in [-0.3, -0.25) is 32.5 Å². The van der Waals surface area contributed by atoms with Gasteiger partial charge in [0.2, 0.25) is 16.9 Å². The number of hydrogen-bond acceptors (Lipinski definition) is 18. The molecular formula is C26H46N8O17P3S+. The number of quaternary nitrogens is 1. The standard InChI is InChI=1S/C26H45N8O17P3S/c1-26(2,21(38)24(39)29-7-6-16(35)28-8-9-55-17(36)10-34(3,4)5)12-48-54(45,46)51-53(43,44)47-11-15-20(50-52(40,41)42)19(37)25(49-15)33-14-32-18-22(27)30-13-31-23(18)33/h13-15,19-21,25,37-38H,6-12H2,1-5H3,(H7-,27,28,29,30,31,35,39,40,41,42,43,44,45,46)/p+1. The minimum Gasteiger partial charge on any atom is -0.386 e. The first-order valence-corrected chi connectivity index (χ1v) is 21.6. The fraction of sp³-hybridized carbons (Fsp3) is 0.692. The molecule has 1 fully saturated rings. The number of phosphoric ester groups is 3. The molecule has 1 aliphatic heterocycles. The molecule has 2 aromatic heterocycles. The average molecular weight is 868 g/mol. The highest BCUT2D eigenvalue weighted by Gasteiger charge is 2.50. The van der Waals surface area contributed by atoms with Gasteiger partial charge in [0.1, 0.15) is 42.8 Å². The molecule has 29 heteroatoms. The molecular weight excluding hydrogens is 821 g/mol. The highest BCUT2D eigenvalue weighted by molar-refractivity contribution is 8.13. The van der Waals surface area contributed by atoms with Gasteiger partial charge >= 0.3 is 23.5 Å². The van der Waals surface area contributed by atoms with Gasteiger partial charge in [-0.25, -0.2) is 28.6 Å². The number of thioether (sulfide) groups is 1. The van der Waals surface area contributed by atoms with Gasteiger partial charge in [0.15, 0.2) is 17.7 Å². The Kier molecular flexibility index (Phi) is 16.1. The third kappa shape index (κ3) is 14.8. The van der Waals surface area contributed by atoms with Gasteiger partial charge in [-0.1, -0.05) is 25.6 Å². The second-order valence-corrected chi connectivity index (χ2v) is 19.1. The Morgan fingerprint density at radius 1 is 1.05 bits per heavy atom. The minimum atomic E-state index is -5.57. The number of carbonyl (C=O) groups excluding carboxylic acids is 3. The van der Waals surface area contributed by atoms with Crippen LogP contribution in [0.15, 0.2) is 12.7 Å². The molecule has 55 heavy (non-hydrogen) atoms. The van der Waals surface area contributed by atoms with Gasteiger partial charge < -0.3 is 55.4 Å². The molecule has 0 saturated carbocycles. The number of imidazole rings is 1. The zero-order valence-electron chi connectivity index (χ0n) is 30.2. The van der Waals surface area contributed by atoms with Crippen molar-refractivity contribution >= 4 is 69.1 Å². The molecule has 0 aliphatic carbocycles. The van der Waals surface area contributed by atoms with Crippen LogP contribution in [0.1, 0.15) is 26.5 Å². The molecule has 10 N–H and O–H groups in total. The predicted molar refractivity (Wildman–Crippen MR) is 190 cm³/mol. The SMILES string of the molecule is CC(C)(COP(=O)(O)OP(=O)(O)OCC1OC(n2cnc3c(N)ncnc32)C(O)C1OP(=O)(O)O)C(O)C(=O)NCCC(=O)NCCSC(=O)C[N+](C)(C)C. The second kappa shape index (κ2) is 18.9. The molecule has 7 atom stereocenters. The number of aromatic nitrogens is 4. The van der Waals surface area contributed by atoms with Crippen LogP contribution in [0.25, 0.3) is 11.2 Å². The van der Waals surface area contributed by atoms with E-state index in [4.69, 9.17) is 19.5 Å². The molecule has 0 spiro atoms. The van der Waals surface area contributed by atoms with E-state index in [-0.39, 0.29) is 41.6 Å². The lowest BCUT2D eigenvalue weighted by Crippen LogP contribution is -2.46. The number of likely N-dealkylation sites (N-methyl/N-ethyl adjacent to an activating group) is 1. The van der Waals surface area contributed by atoms with Gasteiger partial charge in [0, 0.05) is 30.7 Å². The van der Waals surface area contributed by atoms with Crippen LogP contribution in [0.2, 0.25) is 0 Å². The summed E-state index contributed by atoms with van der Waals surface area (Å²) in [7, 11) is -10.8. The molecule has 0 bridgehead atoms. The largest absolute Gasteiger partial charge is 0.481 e. The van der Waals surface area contributed by atoms with Crippen LogP contribution in [0, 0.1) is 5.41 Å². The maximum atomic E-state index is 12.7. The average Bonchev–Trinajstić information content (AvgIpc) is 3.60. The molecule has 2 amide bonds. The normalized spacial score (nSPS) is 22.2. The zero-order valence-corrected chi connectivity index (χ0v) is 33.7. The maximum Gasteiger partial charge on any atom is 0.481 e. The fourth-order valence-corrected chi connectivity index (χ4v) is 8.47. The Balaban J connectivity index is 1.50. The number of nitrogens with zero attached hydrogens (tertiary/aromatic N) is 5. The van der Waals surface area contributed by atoms with Crippen molar-refractivity contribution < 1.29 is 85.0 Å². The first-order chi connectivity index (χ1) is 25.2. The smallest absolute Gasteiger partial charge is 0.386 e. The number of phosphoric acid groups is 3. The second-order valence-electron chi connectivity index (χ2n) is 13.7. The summed E-state index contributed by atoms with van der Waals surface area (Å²) >= 11 is 1.08. The van der Waals surface area contributed by atoms with Crippen molar-refractivity contribution in [2.24, 2.45) is 5.41 Å². The number of hydrogen-bond donors (Lipinski definition) is 9. The van der Waals surface area contributed by atoms with Gasteiger partial charge in [0.05, 0.1) is 40.7 Å². The van der Waals surface area contributed by atoms with E-state index in [9.17, 15) is 57.9 Å². The van der Waals surface area contributed by atoms with Crippen molar-refractivity contribution in [1.29, 1.82) is 0 Å². The summed E-state index contributed by atoms with van der Waals surface area (Å²) in [6.45, 7) is 0.826. The predicted octanol–water partition coefficient (Wildman–Crippen LogP) is -1.63. The number of nitrogen functional groups attached to an aromatic ring is 1. The number of rotatable bonds is 21. The number of aliphatic hydroxyl groups excluding tert-OH is 2. The number of aliphatic hydroxyl groups is 2. The zero-order chi connectivity index (χ0) is 41.6. The topological polar surface area (TPSA) is 364 Å². The van der Waals surface area contributed by atoms with E-state index in [0.29, 0.717) is 16.8 Å².